The first-order valence-corrected chi connectivity index (χ1v) is 14.7. The lowest BCUT2D eigenvalue weighted by Gasteiger charge is -2.25. The zero-order chi connectivity index (χ0) is 29.3. The van der Waals surface area contributed by atoms with Crippen molar-refractivity contribution in [3.63, 3.8) is 0 Å². The molecule has 2 heterocycles. The van der Waals surface area contributed by atoms with Crippen molar-refractivity contribution in [3.05, 3.63) is 130 Å². The van der Waals surface area contributed by atoms with Crippen molar-refractivity contribution >= 4 is 52.4 Å². The van der Waals surface area contributed by atoms with E-state index in [0.717, 1.165) is 21.8 Å². The van der Waals surface area contributed by atoms with Crippen molar-refractivity contribution < 1.29 is 14.5 Å². The van der Waals surface area contributed by atoms with E-state index in [2.05, 4.69) is 4.99 Å². The van der Waals surface area contributed by atoms with E-state index in [-0.39, 0.29) is 17.9 Å². The third kappa shape index (κ3) is 5.76. The summed E-state index contributed by atoms with van der Waals surface area (Å²) in [6.45, 7) is 5.54. The van der Waals surface area contributed by atoms with Crippen LogP contribution in [0.3, 0.4) is 0 Å². The summed E-state index contributed by atoms with van der Waals surface area (Å²) < 4.78 is 7.06. The number of fused-ring (bicyclic) bond motifs is 1. The smallest absolute Gasteiger partial charge is 0.338 e. The number of carbonyl (C=O) groups is 1. The van der Waals surface area contributed by atoms with Crippen molar-refractivity contribution in [2.24, 2.45) is 4.99 Å². The number of aryl methyl sites for hydroxylation is 1. The summed E-state index contributed by atoms with van der Waals surface area (Å²) in [6, 6.07) is 18.8. The molecular formula is C30H24ClN3O5S2. The molecule has 1 aliphatic rings. The predicted octanol–water partition coefficient (Wildman–Crippen LogP) is 5.82. The van der Waals surface area contributed by atoms with Gasteiger partial charge in [0, 0.05) is 16.0 Å². The van der Waals surface area contributed by atoms with Gasteiger partial charge in [-0.1, -0.05) is 76.7 Å². The molecule has 3 aromatic carbocycles. The van der Waals surface area contributed by atoms with E-state index in [1.54, 1.807) is 56.3 Å². The monoisotopic (exact) mass is 605 g/mol. The third-order valence-electron chi connectivity index (χ3n) is 6.44. The lowest BCUT2D eigenvalue weighted by atomic mass is 9.96. The topological polar surface area (TPSA) is 104 Å². The Bertz CT molecular complexity index is 1890. The van der Waals surface area contributed by atoms with Gasteiger partial charge < -0.3 is 4.74 Å². The molecule has 11 heteroatoms. The number of nitrogens with zero attached hydrogens (tertiary/aromatic N) is 3. The molecule has 0 saturated heterocycles. The second-order valence-electron chi connectivity index (χ2n) is 9.22. The molecule has 0 aliphatic carbocycles. The number of aromatic nitrogens is 1. The van der Waals surface area contributed by atoms with Crippen molar-refractivity contribution in [2.45, 2.75) is 36.6 Å². The van der Waals surface area contributed by atoms with E-state index in [9.17, 15) is 19.7 Å². The van der Waals surface area contributed by atoms with Crippen LogP contribution in [0.2, 0.25) is 5.02 Å². The van der Waals surface area contributed by atoms with Crippen molar-refractivity contribution in [1.29, 1.82) is 0 Å². The molecule has 8 nitrogen and oxygen atoms in total. The van der Waals surface area contributed by atoms with Gasteiger partial charge in [-0.05, 0) is 62.2 Å². The van der Waals surface area contributed by atoms with Crippen LogP contribution in [0, 0.1) is 17.0 Å². The highest BCUT2D eigenvalue weighted by Gasteiger charge is 2.34. The number of carbonyl (C=O) groups excluding carboxylic acids is 1. The lowest BCUT2D eigenvalue weighted by Crippen LogP contribution is -2.40. The van der Waals surface area contributed by atoms with Crippen molar-refractivity contribution in [1.82, 2.24) is 4.57 Å². The van der Waals surface area contributed by atoms with Crippen molar-refractivity contribution in [3.8, 4) is 0 Å². The Hall–Kier alpha value is -3.99. The van der Waals surface area contributed by atoms with Gasteiger partial charge in [-0.15, -0.1) is 0 Å². The minimum absolute atomic E-state index is 0.0634. The van der Waals surface area contributed by atoms with E-state index in [1.807, 2.05) is 31.2 Å². The first kappa shape index (κ1) is 28.5. The predicted molar refractivity (Wildman–Crippen MR) is 160 cm³/mol. The molecule has 41 heavy (non-hydrogen) atoms. The number of hydrogen-bond acceptors (Lipinski definition) is 8. The van der Waals surface area contributed by atoms with Crippen molar-refractivity contribution in [2.75, 3.05) is 6.61 Å². The van der Waals surface area contributed by atoms with E-state index in [0.29, 0.717) is 36.1 Å². The SMILES string of the molecule is CCOC(=O)C1=C(C)N=c2s/c(=C/c3ccc(Sc4ccc(C)cc4)c([N+](=O)[O-])c3)c(=O)n2[C@@H]1c1ccccc1Cl. The Balaban J connectivity index is 1.62. The number of nitro groups is 1. The highest BCUT2D eigenvalue weighted by molar-refractivity contribution is 7.99. The average Bonchev–Trinajstić information content (AvgIpc) is 3.24. The Kier molecular flexibility index (Phi) is 8.25. The van der Waals surface area contributed by atoms with Crippen LogP contribution < -0.4 is 14.9 Å². The number of rotatable bonds is 7. The molecule has 0 spiro atoms. The number of halogens is 1. The minimum atomic E-state index is -0.844. The molecule has 1 atom stereocenters. The standard InChI is InChI=1S/C30H24ClN3O5S2/c1-4-39-29(36)26-18(3)32-30-33(27(26)21-7-5-6-8-22(21)31)28(35)25(41-30)16-19-11-14-24(23(15-19)34(37)38)40-20-12-9-17(2)10-13-20/h5-16,27H,4H2,1-3H3/b25-16+/t27-/m1/s1. The van der Waals surface area contributed by atoms with E-state index >= 15 is 0 Å². The molecule has 5 rings (SSSR count). The molecule has 0 unspecified atom stereocenters. The van der Waals surface area contributed by atoms with Crippen LogP contribution in [-0.4, -0.2) is 22.1 Å². The van der Waals surface area contributed by atoms with Crippen LogP contribution in [0.4, 0.5) is 5.69 Å². The summed E-state index contributed by atoms with van der Waals surface area (Å²) >= 11 is 8.98. The van der Waals surface area contributed by atoms with Crippen LogP contribution in [-0.2, 0) is 9.53 Å². The maximum absolute atomic E-state index is 13.8. The number of hydrogen-bond donors (Lipinski definition) is 0. The highest BCUT2D eigenvalue weighted by Crippen LogP contribution is 2.36. The summed E-state index contributed by atoms with van der Waals surface area (Å²) in [6.07, 6.45) is 1.60. The van der Waals surface area contributed by atoms with Gasteiger partial charge in [-0.25, -0.2) is 9.79 Å². The van der Waals surface area contributed by atoms with Gasteiger partial charge in [0.05, 0.1) is 32.2 Å². The van der Waals surface area contributed by atoms with Gasteiger partial charge in [0.1, 0.15) is 6.04 Å². The summed E-state index contributed by atoms with van der Waals surface area (Å²) in [7, 11) is 0. The molecule has 0 fully saturated rings. The molecule has 0 saturated carbocycles. The highest BCUT2D eigenvalue weighted by atomic mass is 35.5. The summed E-state index contributed by atoms with van der Waals surface area (Å²) in [5, 5.41) is 12.3. The zero-order valence-electron chi connectivity index (χ0n) is 22.3. The Labute approximate surface area is 248 Å². The average molecular weight is 606 g/mol. The second kappa shape index (κ2) is 11.9. The number of esters is 1. The van der Waals surface area contributed by atoms with Gasteiger partial charge >= 0.3 is 5.97 Å². The van der Waals surface area contributed by atoms with Crippen LogP contribution in [0.1, 0.15) is 36.6 Å². The maximum Gasteiger partial charge on any atom is 0.338 e. The van der Waals surface area contributed by atoms with Crippen LogP contribution in [0.5, 0.6) is 0 Å². The summed E-state index contributed by atoms with van der Waals surface area (Å²) in [4.78, 5) is 44.7. The number of thiazole rings is 1. The second-order valence-corrected chi connectivity index (χ2v) is 11.8. The van der Waals surface area contributed by atoms with Crippen LogP contribution >= 0.6 is 34.7 Å². The maximum atomic E-state index is 13.8. The number of allylic oxidation sites excluding steroid dienone is 1. The zero-order valence-corrected chi connectivity index (χ0v) is 24.7. The largest absolute Gasteiger partial charge is 0.463 e. The van der Waals surface area contributed by atoms with Crippen LogP contribution in [0.25, 0.3) is 6.08 Å². The van der Waals surface area contributed by atoms with Gasteiger partial charge in [0.25, 0.3) is 11.2 Å². The molecule has 208 valence electrons. The number of ether oxygens (including phenoxy) is 1. The van der Waals surface area contributed by atoms with Crippen LogP contribution in [0.15, 0.2) is 97.6 Å². The first-order valence-electron chi connectivity index (χ1n) is 12.6. The quantitative estimate of drug-likeness (QED) is 0.149. The molecule has 0 bridgehead atoms. The van der Waals surface area contributed by atoms with E-state index in [4.69, 9.17) is 16.3 Å². The van der Waals surface area contributed by atoms with Gasteiger partial charge in [-0.2, -0.15) is 0 Å². The van der Waals surface area contributed by atoms with E-state index in [1.165, 1.54) is 22.4 Å². The Morgan fingerprint density at radius 1 is 1.17 bits per heavy atom. The molecule has 0 N–H and O–H groups in total. The Morgan fingerprint density at radius 3 is 2.59 bits per heavy atom. The third-order valence-corrected chi connectivity index (χ3v) is 8.84. The summed E-state index contributed by atoms with van der Waals surface area (Å²) in [5.41, 5.74) is 2.35. The summed E-state index contributed by atoms with van der Waals surface area (Å²) in [5.74, 6) is -0.578. The normalized spacial score (nSPS) is 14.9. The van der Waals surface area contributed by atoms with Gasteiger partial charge in [0.15, 0.2) is 4.80 Å². The fraction of sp³-hybridized carbons (Fsp3) is 0.167. The minimum Gasteiger partial charge on any atom is -0.463 e. The molecule has 1 aliphatic heterocycles. The fourth-order valence-corrected chi connectivity index (χ4v) is 6.71. The molecule has 0 radical (unpaired) electrons. The Morgan fingerprint density at radius 2 is 1.90 bits per heavy atom. The first-order chi connectivity index (χ1) is 19.7. The molecule has 1 aromatic heterocycles. The number of nitro benzene ring substituents is 1. The lowest BCUT2D eigenvalue weighted by molar-refractivity contribution is -0.387. The van der Waals surface area contributed by atoms with E-state index < -0.39 is 22.5 Å². The van der Waals surface area contributed by atoms with Gasteiger partial charge in [0.2, 0.25) is 0 Å². The molecule has 4 aromatic rings. The fourth-order valence-electron chi connectivity index (χ4n) is 4.52. The van der Waals surface area contributed by atoms with Gasteiger partial charge in [-0.3, -0.25) is 19.5 Å². The molecular weight excluding hydrogens is 582 g/mol. The molecule has 0 amide bonds. The number of benzene rings is 3.